The van der Waals surface area contributed by atoms with Crippen LogP contribution in [0.3, 0.4) is 0 Å². The number of rotatable bonds is 7. The van der Waals surface area contributed by atoms with Crippen LogP contribution in [-0.2, 0) is 13.0 Å². The lowest BCUT2D eigenvalue weighted by atomic mass is 10.1. The third kappa shape index (κ3) is 3.83. The van der Waals surface area contributed by atoms with Crippen LogP contribution in [0.15, 0.2) is 42.6 Å². The lowest BCUT2D eigenvalue weighted by Gasteiger charge is -2.11. The molecule has 0 saturated carbocycles. The van der Waals surface area contributed by atoms with Crippen molar-refractivity contribution in [1.29, 1.82) is 0 Å². The minimum atomic E-state index is -0.350. The Kier molecular flexibility index (Phi) is 4.96. The number of benzene rings is 1. The van der Waals surface area contributed by atoms with Gasteiger partial charge in [-0.3, -0.25) is 0 Å². The van der Waals surface area contributed by atoms with Gasteiger partial charge in [0.05, 0.1) is 19.4 Å². The molecular weight excluding hydrogens is 306 g/mol. The standard InChI is InChI=1S/C18H21N3O3/c1-13(22)3-6-15-11-18(21-17(20-15)9-10-19-21)24-12-14-4-7-16(23-2)8-5-14/h4-5,7-11,13,22H,3,6,12H2,1-2H3. The van der Waals surface area contributed by atoms with Gasteiger partial charge in [0.1, 0.15) is 12.4 Å². The highest BCUT2D eigenvalue weighted by Gasteiger charge is 2.09. The van der Waals surface area contributed by atoms with E-state index in [-0.39, 0.29) is 6.10 Å². The first-order valence-electron chi connectivity index (χ1n) is 7.93. The van der Waals surface area contributed by atoms with Crippen LogP contribution < -0.4 is 9.47 Å². The summed E-state index contributed by atoms with van der Waals surface area (Å²) in [4.78, 5) is 4.54. The fourth-order valence-electron chi connectivity index (χ4n) is 2.40. The maximum Gasteiger partial charge on any atom is 0.218 e. The molecule has 0 fully saturated rings. The molecule has 1 N–H and O–H groups in total. The minimum absolute atomic E-state index is 0.350. The van der Waals surface area contributed by atoms with Crippen molar-refractivity contribution >= 4 is 5.65 Å². The highest BCUT2D eigenvalue weighted by Crippen LogP contribution is 2.18. The summed E-state index contributed by atoms with van der Waals surface area (Å²) in [5, 5.41) is 13.7. The van der Waals surface area contributed by atoms with E-state index in [1.54, 1.807) is 24.7 Å². The molecular formula is C18H21N3O3. The quantitative estimate of drug-likeness (QED) is 0.722. The number of nitrogens with zero attached hydrogens (tertiary/aromatic N) is 3. The van der Waals surface area contributed by atoms with Gasteiger partial charge in [-0.1, -0.05) is 12.1 Å². The van der Waals surface area contributed by atoms with Crippen LogP contribution in [0.5, 0.6) is 11.6 Å². The molecule has 3 aromatic rings. The Balaban J connectivity index is 1.77. The largest absolute Gasteiger partial charge is 0.497 e. The van der Waals surface area contributed by atoms with Crippen LogP contribution in [0.4, 0.5) is 0 Å². The Morgan fingerprint density at radius 3 is 2.71 bits per heavy atom. The first-order chi connectivity index (χ1) is 11.7. The maximum absolute atomic E-state index is 9.46. The molecule has 0 radical (unpaired) electrons. The minimum Gasteiger partial charge on any atom is -0.497 e. The van der Waals surface area contributed by atoms with Crippen molar-refractivity contribution in [2.45, 2.75) is 32.5 Å². The average molecular weight is 327 g/mol. The molecule has 126 valence electrons. The van der Waals surface area contributed by atoms with Crippen molar-refractivity contribution in [3.8, 4) is 11.6 Å². The second-order valence-electron chi connectivity index (χ2n) is 5.71. The van der Waals surface area contributed by atoms with Gasteiger partial charge in [0, 0.05) is 17.8 Å². The third-order valence-corrected chi connectivity index (χ3v) is 3.74. The van der Waals surface area contributed by atoms with Crippen LogP contribution in [0, 0.1) is 0 Å². The van der Waals surface area contributed by atoms with E-state index in [1.165, 1.54) is 0 Å². The molecule has 6 heteroatoms. The average Bonchev–Trinajstić information content (AvgIpc) is 3.07. The molecule has 0 amide bonds. The summed E-state index contributed by atoms with van der Waals surface area (Å²) in [6, 6.07) is 11.5. The van der Waals surface area contributed by atoms with Gasteiger partial charge < -0.3 is 14.6 Å². The van der Waals surface area contributed by atoms with Gasteiger partial charge in [-0.15, -0.1) is 0 Å². The smallest absolute Gasteiger partial charge is 0.218 e. The van der Waals surface area contributed by atoms with E-state index in [2.05, 4.69) is 10.1 Å². The fraction of sp³-hybridized carbons (Fsp3) is 0.333. The maximum atomic E-state index is 9.46. The summed E-state index contributed by atoms with van der Waals surface area (Å²) in [5.74, 6) is 1.46. The van der Waals surface area contributed by atoms with Crippen molar-refractivity contribution < 1.29 is 14.6 Å². The molecule has 24 heavy (non-hydrogen) atoms. The summed E-state index contributed by atoms with van der Waals surface area (Å²) in [6.07, 6.45) is 2.70. The number of methoxy groups -OCH3 is 1. The zero-order valence-electron chi connectivity index (χ0n) is 13.8. The Hall–Kier alpha value is -2.60. The number of hydrogen-bond acceptors (Lipinski definition) is 5. The topological polar surface area (TPSA) is 68.9 Å². The summed E-state index contributed by atoms with van der Waals surface area (Å²) in [6.45, 7) is 2.21. The van der Waals surface area contributed by atoms with E-state index in [9.17, 15) is 5.11 Å². The number of hydrogen-bond donors (Lipinski definition) is 1. The summed E-state index contributed by atoms with van der Waals surface area (Å²) in [7, 11) is 1.64. The zero-order chi connectivity index (χ0) is 16.9. The summed E-state index contributed by atoms with van der Waals surface area (Å²) >= 11 is 0. The Bertz CT molecular complexity index is 797. The van der Waals surface area contributed by atoms with Crippen LogP contribution in [0.1, 0.15) is 24.6 Å². The lowest BCUT2D eigenvalue weighted by molar-refractivity contribution is 0.184. The predicted molar refractivity (Wildman–Crippen MR) is 90.3 cm³/mol. The Morgan fingerprint density at radius 1 is 1.21 bits per heavy atom. The van der Waals surface area contributed by atoms with Crippen molar-refractivity contribution in [3.05, 3.63) is 53.9 Å². The molecule has 2 aromatic heterocycles. The molecule has 2 heterocycles. The van der Waals surface area contributed by atoms with Gasteiger partial charge >= 0.3 is 0 Å². The van der Waals surface area contributed by atoms with Crippen molar-refractivity contribution in [2.24, 2.45) is 0 Å². The number of fused-ring (bicyclic) bond motifs is 1. The first-order valence-corrected chi connectivity index (χ1v) is 7.93. The van der Waals surface area contributed by atoms with Gasteiger partial charge in [-0.05, 0) is 37.5 Å². The van der Waals surface area contributed by atoms with E-state index in [0.29, 0.717) is 25.3 Å². The molecule has 0 spiro atoms. The molecule has 0 aliphatic carbocycles. The van der Waals surface area contributed by atoms with Gasteiger partial charge in [0.2, 0.25) is 5.88 Å². The normalized spacial score (nSPS) is 12.3. The van der Waals surface area contributed by atoms with Crippen molar-refractivity contribution in [1.82, 2.24) is 14.6 Å². The molecule has 6 nitrogen and oxygen atoms in total. The lowest BCUT2D eigenvalue weighted by Crippen LogP contribution is -2.07. The second-order valence-corrected chi connectivity index (χ2v) is 5.71. The Morgan fingerprint density at radius 2 is 2.00 bits per heavy atom. The number of aryl methyl sites for hydroxylation is 1. The number of aromatic nitrogens is 3. The molecule has 1 unspecified atom stereocenters. The zero-order valence-corrected chi connectivity index (χ0v) is 13.8. The van der Waals surface area contributed by atoms with Crippen LogP contribution in [0.25, 0.3) is 5.65 Å². The number of aliphatic hydroxyl groups excluding tert-OH is 1. The SMILES string of the molecule is COc1ccc(COc2cc(CCC(C)O)nc3ccnn23)cc1. The number of ether oxygens (including phenoxy) is 2. The first kappa shape index (κ1) is 16.3. The monoisotopic (exact) mass is 327 g/mol. The van der Waals surface area contributed by atoms with Gasteiger partial charge in [-0.25, -0.2) is 4.98 Å². The van der Waals surface area contributed by atoms with Crippen molar-refractivity contribution in [3.63, 3.8) is 0 Å². The highest BCUT2D eigenvalue weighted by molar-refractivity contribution is 5.41. The van der Waals surface area contributed by atoms with Gasteiger partial charge in [-0.2, -0.15) is 9.61 Å². The molecule has 0 saturated heterocycles. The predicted octanol–water partition coefficient (Wildman–Crippen LogP) is 2.63. The fourth-order valence-corrected chi connectivity index (χ4v) is 2.40. The molecule has 0 aliphatic rings. The van der Waals surface area contributed by atoms with E-state index >= 15 is 0 Å². The third-order valence-electron chi connectivity index (χ3n) is 3.74. The number of aliphatic hydroxyl groups is 1. The second kappa shape index (κ2) is 7.31. The van der Waals surface area contributed by atoms with E-state index in [0.717, 1.165) is 22.7 Å². The van der Waals surface area contributed by atoms with Crippen LogP contribution in [0.2, 0.25) is 0 Å². The van der Waals surface area contributed by atoms with Crippen LogP contribution in [-0.4, -0.2) is 32.9 Å². The molecule has 3 rings (SSSR count). The van der Waals surface area contributed by atoms with Crippen LogP contribution >= 0.6 is 0 Å². The van der Waals surface area contributed by atoms with E-state index in [4.69, 9.17) is 9.47 Å². The highest BCUT2D eigenvalue weighted by atomic mass is 16.5. The molecule has 1 atom stereocenters. The Labute approximate surface area is 140 Å². The molecule has 0 aliphatic heterocycles. The van der Waals surface area contributed by atoms with E-state index < -0.39 is 0 Å². The summed E-state index contributed by atoms with van der Waals surface area (Å²) in [5.41, 5.74) is 2.66. The van der Waals surface area contributed by atoms with Gasteiger partial charge in [0.25, 0.3) is 0 Å². The van der Waals surface area contributed by atoms with Gasteiger partial charge in [0.15, 0.2) is 5.65 Å². The molecule has 1 aromatic carbocycles. The van der Waals surface area contributed by atoms with Crippen molar-refractivity contribution in [2.75, 3.05) is 7.11 Å². The summed E-state index contributed by atoms with van der Waals surface area (Å²) < 4.78 is 12.8. The van der Waals surface area contributed by atoms with E-state index in [1.807, 2.05) is 36.4 Å². The molecule has 0 bridgehead atoms.